The van der Waals surface area contributed by atoms with Crippen LogP contribution in [0.1, 0.15) is 11.4 Å². The van der Waals surface area contributed by atoms with Crippen molar-refractivity contribution in [2.75, 3.05) is 39.3 Å². The van der Waals surface area contributed by atoms with Gasteiger partial charge < -0.3 is 15.4 Å². The van der Waals surface area contributed by atoms with Gasteiger partial charge in [0, 0.05) is 32.7 Å². The molecule has 1 aromatic heterocycles. The normalized spacial score (nSPS) is 15.3. The van der Waals surface area contributed by atoms with Gasteiger partial charge in [-0.25, -0.2) is 4.98 Å². The lowest BCUT2D eigenvalue weighted by Gasteiger charge is -2.34. The third-order valence-corrected chi connectivity index (χ3v) is 4.20. The molecule has 25 heavy (non-hydrogen) atoms. The van der Waals surface area contributed by atoms with Gasteiger partial charge in [0.1, 0.15) is 24.5 Å². The van der Waals surface area contributed by atoms with Crippen LogP contribution in [0, 0.1) is 0 Å². The number of H-pyrrole nitrogens is 1. The zero-order valence-electron chi connectivity index (χ0n) is 14.2. The van der Waals surface area contributed by atoms with E-state index in [-0.39, 0.29) is 5.91 Å². The molecule has 3 rings (SSSR count). The molecule has 1 aromatic carbocycles. The van der Waals surface area contributed by atoms with Crippen molar-refractivity contribution in [3.8, 4) is 5.75 Å². The highest BCUT2D eigenvalue weighted by Crippen LogP contribution is 2.15. The summed E-state index contributed by atoms with van der Waals surface area (Å²) in [6, 6.07) is 7.65. The van der Waals surface area contributed by atoms with Gasteiger partial charge in [0.2, 0.25) is 5.91 Å². The highest BCUT2D eigenvalue weighted by atomic mass is 16.5. The average Bonchev–Trinajstić information content (AvgIpc) is 3.14. The van der Waals surface area contributed by atoms with E-state index in [4.69, 9.17) is 10.5 Å². The molecule has 1 aliphatic rings. The lowest BCUT2D eigenvalue weighted by molar-refractivity contribution is -0.132. The summed E-state index contributed by atoms with van der Waals surface area (Å²) >= 11 is 0. The first-order valence-corrected chi connectivity index (χ1v) is 8.51. The van der Waals surface area contributed by atoms with Crippen LogP contribution in [0.15, 0.2) is 30.6 Å². The van der Waals surface area contributed by atoms with Gasteiger partial charge in [-0.3, -0.25) is 14.8 Å². The van der Waals surface area contributed by atoms with Crippen LogP contribution in [-0.2, 0) is 17.8 Å². The van der Waals surface area contributed by atoms with E-state index in [2.05, 4.69) is 20.1 Å². The number of carbonyl (C=O) groups is 1. The van der Waals surface area contributed by atoms with Crippen molar-refractivity contribution in [2.24, 2.45) is 5.73 Å². The Bertz CT molecular complexity index is 668. The minimum absolute atomic E-state index is 0.148. The smallest absolute Gasteiger partial charge is 0.227 e. The van der Waals surface area contributed by atoms with Crippen molar-refractivity contribution in [3.63, 3.8) is 0 Å². The number of piperazine rings is 1. The molecule has 134 valence electrons. The Morgan fingerprint density at radius 1 is 1.28 bits per heavy atom. The number of ether oxygens (including phenoxy) is 1. The van der Waals surface area contributed by atoms with Crippen LogP contribution in [0.3, 0.4) is 0 Å². The molecule has 1 aliphatic heterocycles. The van der Waals surface area contributed by atoms with Crippen molar-refractivity contribution in [2.45, 2.75) is 13.0 Å². The number of amides is 1. The molecule has 0 bridgehead atoms. The second-order valence-corrected chi connectivity index (χ2v) is 6.05. The molecule has 0 aliphatic carbocycles. The molecule has 1 amide bonds. The number of nitrogens with zero attached hydrogens (tertiary/aromatic N) is 4. The Hall–Kier alpha value is -2.45. The molecule has 0 radical (unpaired) electrons. The fraction of sp³-hybridized carbons (Fsp3) is 0.471. The van der Waals surface area contributed by atoms with Crippen LogP contribution in [0.25, 0.3) is 0 Å². The minimum atomic E-state index is 0.148. The molecule has 8 heteroatoms. The van der Waals surface area contributed by atoms with Crippen molar-refractivity contribution in [3.05, 3.63) is 42.0 Å². The van der Waals surface area contributed by atoms with E-state index in [9.17, 15) is 4.79 Å². The second kappa shape index (κ2) is 8.59. The minimum Gasteiger partial charge on any atom is -0.492 e. The van der Waals surface area contributed by atoms with Gasteiger partial charge in [-0.05, 0) is 17.7 Å². The largest absolute Gasteiger partial charge is 0.492 e. The van der Waals surface area contributed by atoms with Gasteiger partial charge >= 0.3 is 0 Å². The highest BCUT2D eigenvalue weighted by molar-refractivity contribution is 5.79. The van der Waals surface area contributed by atoms with Crippen molar-refractivity contribution in [1.82, 2.24) is 25.0 Å². The Morgan fingerprint density at radius 2 is 2.12 bits per heavy atom. The standard InChI is InChI=1S/C17H24N6O2/c18-4-9-25-15-3-1-2-14(10-15)11-17(24)23-7-5-22(6-8-23)12-16-19-13-20-21-16/h1-3,10,13H,4-9,11-12,18H2,(H,19,20,21). The van der Waals surface area contributed by atoms with Gasteiger partial charge in [-0.1, -0.05) is 12.1 Å². The molecular formula is C17H24N6O2. The zero-order valence-corrected chi connectivity index (χ0v) is 14.2. The van der Waals surface area contributed by atoms with Gasteiger partial charge in [-0.15, -0.1) is 0 Å². The first kappa shape index (κ1) is 17.4. The molecule has 2 aromatic rings. The number of nitrogens with one attached hydrogen (secondary N) is 1. The van der Waals surface area contributed by atoms with Crippen LogP contribution < -0.4 is 10.5 Å². The van der Waals surface area contributed by atoms with E-state index in [0.717, 1.165) is 49.9 Å². The summed E-state index contributed by atoms with van der Waals surface area (Å²) in [6.07, 6.45) is 1.91. The lowest BCUT2D eigenvalue weighted by atomic mass is 10.1. The van der Waals surface area contributed by atoms with E-state index in [1.165, 1.54) is 6.33 Å². The topological polar surface area (TPSA) is 100 Å². The summed E-state index contributed by atoms with van der Waals surface area (Å²) in [6.45, 7) is 4.83. The van der Waals surface area contributed by atoms with E-state index in [0.29, 0.717) is 19.6 Å². The molecule has 3 N–H and O–H groups in total. The summed E-state index contributed by atoms with van der Waals surface area (Å²) in [5.74, 6) is 1.76. The van der Waals surface area contributed by atoms with E-state index in [1.54, 1.807) is 0 Å². The predicted octanol–water partition coefficient (Wildman–Crippen LogP) is 0.0291. The molecule has 1 saturated heterocycles. The highest BCUT2D eigenvalue weighted by Gasteiger charge is 2.21. The molecule has 2 heterocycles. The Balaban J connectivity index is 1.47. The quantitative estimate of drug-likeness (QED) is 0.735. The van der Waals surface area contributed by atoms with Crippen molar-refractivity contribution in [1.29, 1.82) is 0 Å². The Labute approximate surface area is 147 Å². The molecule has 1 fully saturated rings. The zero-order chi connectivity index (χ0) is 17.5. The van der Waals surface area contributed by atoms with E-state index >= 15 is 0 Å². The first-order valence-electron chi connectivity index (χ1n) is 8.51. The summed E-state index contributed by atoms with van der Waals surface area (Å²) in [5, 5.41) is 6.73. The van der Waals surface area contributed by atoms with Gasteiger partial charge in [0.25, 0.3) is 0 Å². The fourth-order valence-corrected chi connectivity index (χ4v) is 2.88. The fourth-order valence-electron chi connectivity index (χ4n) is 2.88. The summed E-state index contributed by atoms with van der Waals surface area (Å²) < 4.78 is 5.52. The van der Waals surface area contributed by atoms with Crippen molar-refractivity contribution < 1.29 is 9.53 Å². The number of aromatic amines is 1. The van der Waals surface area contributed by atoms with Crippen LogP contribution >= 0.6 is 0 Å². The molecular weight excluding hydrogens is 320 g/mol. The monoisotopic (exact) mass is 344 g/mol. The molecule has 0 saturated carbocycles. The van der Waals surface area contributed by atoms with E-state index in [1.807, 2.05) is 29.2 Å². The number of carbonyl (C=O) groups excluding carboxylic acids is 1. The number of hydrogen-bond acceptors (Lipinski definition) is 6. The maximum Gasteiger partial charge on any atom is 0.227 e. The number of hydrogen-bond donors (Lipinski definition) is 2. The third-order valence-electron chi connectivity index (χ3n) is 4.20. The second-order valence-electron chi connectivity index (χ2n) is 6.05. The number of benzene rings is 1. The summed E-state index contributed by atoms with van der Waals surface area (Å²) in [4.78, 5) is 20.9. The van der Waals surface area contributed by atoms with E-state index < -0.39 is 0 Å². The molecule has 0 atom stereocenters. The van der Waals surface area contributed by atoms with Crippen LogP contribution in [0.4, 0.5) is 0 Å². The van der Waals surface area contributed by atoms with Crippen molar-refractivity contribution >= 4 is 5.91 Å². The van der Waals surface area contributed by atoms with Gasteiger partial charge in [-0.2, -0.15) is 5.10 Å². The summed E-state index contributed by atoms with van der Waals surface area (Å²) in [5.41, 5.74) is 6.41. The predicted molar refractivity (Wildman–Crippen MR) is 92.9 cm³/mol. The first-order chi connectivity index (χ1) is 12.2. The lowest BCUT2D eigenvalue weighted by Crippen LogP contribution is -2.48. The van der Waals surface area contributed by atoms with Crippen LogP contribution in [0.2, 0.25) is 0 Å². The average molecular weight is 344 g/mol. The third kappa shape index (κ3) is 5.01. The number of nitrogens with two attached hydrogens (primary N) is 1. The van der Waals surface area contributed by atoms with Gasteiger partial charge in [0.05, 0.1) is 13.0 Å². The SMILES string of the molecule is NCCOc1cccc(CC(=O)N2CCN(Cc3ncn[nH]3)CC2)c1. The molecule has 8 nitrogen and oxygen atoms in total. The summed E-state index contributed by atoms with van der Waals surface area (Å²) in [7, 11) is 0. The molecule has 0 spiro atoms. The number of aromatic nitrogens is 3. The van der Waals surface area contributed by atoms with Gasteiger partial charge in [0.15, 0.2) is 0 Å². The Kier molecular flexibility index (Phi) is 5.97. The molecule has 0 unspecified atom stereocenters. The number of rotatable bonds is 7. The van der Waals surface area contributed by atoms with Crippen LogP contribution in [-0.4, -0.2) is 70.2 Å². The Morgan fingerprint density at radius 3 is 2.84 bits per heavy atom. The maximum absolute atomic E-state index is 12.5. The maximum atomic E-state index is 12.5. The van der Waals surface area contributed by atoms with Crippen LogP contribution in [0.5, 0.6) is 5.75 Å².